The molecule has 1 amide bonds. The van der Waals surface area contributed by atoms with E-state index in [0.29, 0.717) is 23.0 Å². The van der Waals surface area contributed by atoms with Crippen molar-refractivity contribution in [3.8, 4) is 11.4 Å². The molecule has 0 fully saturated rings. The highest BCUT2D eigenvalue weighted by atomic mass is 16.6. The van der Waals surface area contributed by atoms with Crippen molar-refractivity contribution in [2.75, 3.05) is 24.3 Å². The molecule has 1 unspecified atom stereocenters. The normalized spacial score (nSPS) is 15.3. The summed E-state index contributed by atoms with van der Waals surface area (Å²) < 4.78 is 1.48. The first kappa shape index (κ1) is 20.1. The monoisotopic (exact) mass is 419 g/mol. The van der Waals surface area contributed by atoms with E-state index >= 15 is 0 Å². The first-order chi connectivity index (χ1) is 14.8. The van der Waals surface area contributed by atoms with Crippen molar-refractivity contribution >= 4 is 23.2 Å². The topological polar surface area (TPSA) is 132 Å². The maximum absolute atomic E-state index is 12.3. The maximum Gasteiger partial charge on any atom is 0.275 e. The number of benzene rings is 2. The van der Waals surface area contributed by atoms with Crippen LogP contribution < -0.4 is 16.0 Å². The third-order valence-corrected chi connectivity index (χ3v) is 5.19. The van der Waals surface area contributed by atoms with Gasteiger partial charge in [0.25, 0.3) is 5.69 Å². The van der Waals surface area contributed by atoms with Gasteiger partial charge in [0.2, 0.25) is 11.9 Å². The van der Waals surface area contributed by atoms with Gasteiger partial charge in [0.1, 0.15) is 6.04 Å². The predicted molar refractivity (Wildman–Crippen MR) is 117 cm³/mol. The quantitative estimate of drug-likeness (QED) is 0.480. The zero-order valence-corrected chi connectivity index (χ0v) is 17.2. The molecule has 10 nitrogen and oxygen atoms in total. The van der Waals surface area contributed by atoms with Gasteiger partial charge in [-0.05, 0) is 37.3 Å². The van der Waals surface area contributed by atoms with Crippen LogP contribution in [-0.2, 0) is 4.79 Å². The zero-order chi connectivity index (χ0) is 22.3. The molecule has 1 aliphatic heterocycles. The molecule has 1 aromatic heterocycles. The van der Waals surface area contributed by atoms with E-state index in [9.17, 15) is 14.9 Å². The molecule has 0 saturated carbocycles. The summed E-state index contributed by atoms with van der Waals surface area (Å²) in [5.41, 5.74) is 8.31. The summed E-state index contributed by atoms with van der Waals surface area (Å²) in [6.07, 6.45) is 0. The Labute approximate surface area is 178 Å². The van der Waals surface area contributed by atoms with Crippen LogP contribution in [0.4, 0.5) is 17.3 Å². The molecule has 3 N–H and O–H groups in total. The van der Waals surface area contributed by atoms with Crippen LogP contribution in [0.5, 0.6) is 0 Å². The molecule has 1 aliphatic rings. The summed E-state index contributed by atoms with van der Waals surface area (Å²) in [5.74, 6) is 0.110. The molecule has 2 aromatic carbocycles. The van der Waals surface area contributed by atoms with E-state index < -0.39 is 16.9 Å². The van der Waals surface area contributed by atoms with E-state index in [1.807, 2.05) is 43.3 Å². The highest BCUT2D eigenvalue weighted by Gasteiger charge is 2.36. The van der Waals surface area contributed by atoms with Crippen molar-refractivity contribution in [2.24, 2.45) is 5.73 Å². The predicted octanol–water partition coefficient (Wildman–Crippen LogP) is 2.69. The van der Waals surface area contributed by atoms with E-state index in [1.54, 1.807) is 25.1 Å². The smallest absolute Gasteiger partial charge is 0.275 e. The maximum atomic E-state index is 12.3. The number of nitrogens with two attached hydrogens (primary N) is 1. The van der Waals surface area contributed by atoms with Gasteiger partial charge in [-0.3, -0.25) is 14.9 Å². The molecule has 0 bridgehead atoms. The molecule has 3 aromatic rings. The number of allylic oxidation sites excluding steroid dienone is 1. The minimum atomic E-state index is -0.877. The van der Waals surface area contributed by atoms with Crippen molar-refractivity contribution in [1.82, 2.24) is 14.8 Å². The molecule has 4 rings (SSSR count). The molecule has 1 atom stereocenters. The minimum absolute atomic E-state index is 0.126. The van der Waals surface area contributed by atoms with Crippen LogP contribution in [0.1, 0.15) is 18.5 Å². The number of hydrogen-bond acceptors (Lipinski definition) is 7. The number of nitro benzene ring substituents is 1. The Morgan fingerprint density at radius 2 is 1.87 bits per heavy atom. The van der Waals surface area contributed by atoms with Crippen molar-refractivity contribution in [3.05, 3.63) is 75.5 Å². The first-order valence-electron chi connectivity index (χ1n) is 9.53. The number of carbonyl (C=O) groups excluding carboxylic acids is 1. The van der Waals surface area contributed by atoms with Crippen molar-refractivity contribution in [3.63, 3.8) is 0 Å². The number of nitrogens with zero attached hydrogens (tertiary/aromatic N) is 5. The lowest BCUT2D eigenvalue weighted by Gasteiger charge is -2.27. The van der Waals surface area contributed by atoms with Gasteiger partial charge in [-0.2, -0.15) is 4.98 Å². The fourth-order valence-electron chi connectivity index (χ4n) is 3.67. The number of primary amides is 1. The number of para-hydroxylation sites is 1. The molecular formula is C21H21N7O3. The van der Waals surface area contributed by atoms with Gasteiger partial charge in [0.05, 0.1) is 16.1 Å². The second kappa shape index (κ2) is 7.56. The highest BCUT2D eigenvalue weighted by Crippen LogP contribution is 2.39. The fraction of sp³-hybridized carbons (Fsp3) is 0.190. The van der Waals surface area contributed by atoms with E-state index in [1.165, 1.54) is 10.7 Å². The van der Waals surface area contributed by atoms with Gasteiger partial charge in [0.15, 0.2) is 5.82 Å². The number of nitro groups is 1. The van der Waals surface area contributed by atoms with Crippen LogP contribution in [0.25, 0.3) is 11.4 Å². The Hall–Kier alpha value is -4.21. The standard InChI is InChI=1S/C21H21N7O3/c1-12-17(19(22)29)18(15-6-4-5-7-16(15)28(30)31)27-21(23-12)24-20(25-27)13-8-10-14(11-9-13)26(2)3/h4-11,18H,1-3H3,(H2,22,29)(H,23,24,25). The van der Waals surface area contributed by atoms with Gasteiger partial charge in [0, 0.05) is 37.1 Å². The molecule has 10 heteroatoms. The third-order valence-electron chi connectivity index (χ3n) is 5.19. The Bertz CT molecular complexity index is 1210. The van der Waals surface area contributed by atoms with Gasteiger partial charge in [-0.1, -0.05) is 12.1 Å². The van der Waals surface area contributed by atoms with Crippen molar-refractivity contribution < 1.29 is 9.72 Å². The Morgan fingerprint density at radius 1 is 1.19 bits per heavy atom. The molecule has 0 aliphatic carbocycles. The second-order valence-corrected chi connectivity index (χ2v) is 7.39. The summed E-state index contributed by atoms with van der Waals surface area (Å²) in [6, 6.07) is 13.0. The fourth-order valence-corrected chi connectivity index (χ4v) is 3.67. The van der Waals surface area contributed by atoms with Gasteiger partial charge in [-0.15, -0.1) is 5.10 Å². The highest BCUT2D eigenvalue weighted by molar-refractivity contribution is 5.95. The number of amides is 1. The lowest BCUT2D eigenvalue weighted by atomic mass is 9.94. The summed E-state index contributed by atoms with van der Waals surface area (Å²) in [7, 11) is 3.90. The summed E-state index contributed by atoms with van der Waals surface area (Å²) in [5, 5.41) is 19.3. The van der Waals surface area contributed by atoms with Crippen LogP contribution in [0.2, 0.25) is 0 Å². The van der Waals surface area contributed by atoms with E-state index in [0.717, 1.165) is 11.3 Å². The van der Waals surface area contributed by atoms with Crippen LogP contribution in [0, 0.1) is 10.1 Å². The van der Waals surface area contributed by atoms with Crippen LogP contribution in [-0.4, -0.2) is 39.7 Å². The second-order valence-electron chi connectivity index (χ2n) is 7.39. The van der Waals surface area contributed by atoms with Crippen molar-refractivity contribution in [1.29, 1.82) is 0 Å². The van der Waals surface area contributed by atoms with Gasteiger partial charge >= 0.3 is 0 Å². The number of fused-ring (bicyclic) bond motifs is 1. The molecule has 0 radical (unpaired) electrons. The average Bonchev–Trinajstić information content (AvgIpc) is 3.16. The van der Waals surface area contributed by atoms with Crippen LogP contribution >= 0.6 is 0 Å². The van der Waals surface area contributed by atoms with Crippen LogP contribution in [0.15, 0.2) is 59.8 Å². The summed E-state index contributed by atoms with van der Waals surface area (Å²) >= 11 is 0. The SMILES string of the molecule is CC1=C(C(N)=O)C(c2ccccc2[N+](=O)[O-])n2nc(-c3ccc(N(C)C)cc3)nc2N1. The van der Waals surface area contributed by atoms with E-state index in [4.69, 9.17) is 5.73 Å². The molecule has 0 spiro atoms. The average molecular weight is 419 g/mol. The third kappa shape index (κ3) is 3.48. The lowest BCUT2D eigenvalue weighted by molar-refractivity contribution is -0.385. The molecule has 0 saturated heterocycles. The molecule has 31 heavy (non-hydrogen) atoms. The minimum Gasteiger partial charge on any atom is -0.378 e. The summed E-state index contributed by atoms with van der Waals surface area (Å²) in [6.45, 7) is 1.69. The lowest BCUT2D eigenvalue weighted by Crippen LogP contribution is -2.32. The molecule has 2 heterocycles. The Morgan fingerprint density at radius 3 is 2.48 bits per heavy atom. The van der Waals surface area contributed by atoms with E-state index in [2.05, 4.69) is 15.4 Å². The van der Waals surface area contributed by atoms with Gasteiger partial charge < -0.3 is 16.0 Å². The number of anilines is 2. The number of nitrogens with one attached hydrogen (secondary N) is 1. The number of rotatable bonds is 5. The van der Waals surface area contributed by atoms with Gasteiger partial charge in [-0.25, -0.2) is 4.68 Å². The van der Waals surface area contributed by atoms with Crippen LogP contribution in [0.3, 0.4) is 0 Å². The summed E-state index contributed by atoms with van der Waals surface area (Å²) in [4.78, 5) is 30.0. The number of hydrogen-bond donors (Lipinski definition) is 2. The largest absolute Gasteiger partial charge is 0.378 e. The Kier molecular flexibility index (Phi) is 4.90. The molecular weight excluding hydrogens is 398 g/mol. The number of carbonyl (C=O) groups is 1. The van der Waals surface area contributed by atoms with Crippen molar-refractivity contribution in [2.45, 2.75) is 13.0 Å². The van der Waals surface area contributed by atoms with E-state index in [-0.39, 0.29) is 11.3 Å². The molecule has 158 valence electrons. The zero-order valence-electron chi connectivity index (χ0n) is 17.2. The number of aromatic nitrogens is 3. The first-order valence-corrected chi connectivity index (χ1v) is 9.53. The Balaban J connectivity index is 1.88.